The fourth-order valence-electron chi connectivity index (χ4n) is 1.42. The van der Waals surface area contributed by atoms with E-state index < -0.39 is 24.1 Å². The molecule has 6 nitrogen and oxygen atoms in total. The summed E-state index contributed by atoms with van der Waals surface area (Å²) in [4.78, 5) is 23.2. The second-order valence-corrected chi connectivity index (χ2v) is 5.02. The lowest BCUT2D eigenvalue weighted by Crippen LogP contribution is -2.27. The van der Waals surface area contributed by atoms with Crippen LogP contribution >= 0.6 is 0 Å². The number of phenols is 1. The van der Waals surface area contributed by atoms with Gasteiger partial charge in [0.25, 0.3) is 0 Å². The number of hydrogen-bond acceptors (Lipinski definition) is 6. The minimum atomic E-state index is -0.827. The Kier molecular flexibility index (Phi) is 4.96. The van der Waals surface area contributed by atoms with Crippen LogP contribution in [0.1, 0.15) is 31.1 Å². The highest BCUT2D eigenvalue weighted by Crippen LogP contribution is 2.29. The summed E-state index contributed by atoms with van der Waals surface area (Å²) in [5, 5.41) is 9.77. The van der Waals surface area contributed by atoms with Gasteiger partial charge in [0.1, 0.15) is 11.2 Å². The van der Waals surface area contributed by atoms with E-state index in [4.69, 9.17) is 14.2 Å². The van der Waals surface area contributed by atoms with Crippen molar-refractivity contribution in [3.05, 3.63) is 23.8 Å². The number of para-hydroxylation sites is 1. The van der Waals surface area contributed by atoms with Crippen molar-refractivity contribution in [1.29, 1.82) is 0 Å². The van der Waals surface area contributed by atoms with E-state index in [1.807, 2.05) is 0 Å². The molecule has 20 heavy (non-hydrogen) atoms. The first-order valence-electron chi connectivity index (χ1n) is 5.99. The number of aromatic hydroxyl groups is 1. The monoisotopic (exact) mass is 282 g/mol. The van der Waals surface area contributed by atoms with Crippen molar-refractivity contribution in [2.75, 3.05) is 13.7 Å². The molecule has 0 aromatic heterocycles. The van der Waals surface area contributed by atoms with Crippen molar-refractivity contribution >= 4 is 11.9 Å². The third-order valence-electron chi connectivity index (χ3n) is 2.18. The van der Waals surface area contributed by atoms with Crippen LogP contribution in [0, 0.1) is 0 Å². The summed E-state index contributed by atoms with van der Waals surface area (Å²) < 4.78 is 14.7. The molecular formula is C14H18O6. The number of benzene rings is 1. The maximum atomic E-state index is 11.8. The molecule has 0 fully saturated rings. The average Bonchev–Trinajstić information content (AvgIpc) is 2.34. The van der Waals surface area contributed by atoms with Gasteiger partial charge in [0.05, 0.1) is 7.11 Å². The van der Waals surface area contributed by atoms with Gasteiger partial charge < -0.3 is 19.3 Å². The number of carbonyl (C=O) groups excluding carboxylic acids is 2. The lowest BCUT2D eigenvalue weighted by molar-refractivity contribution is -0.158. The van der Waals surface area contributed by atoms with Gasteiger partial charge in [-0.2, -0.15) is 0 Å². The molecule has 0 unspecified atom stereocenters. The van der Waals surface area contributed by atoms with Gasteiger partial charge in [0, 0.05) is 0 Å². The van der Waals surface area contributed by atoms with Gasteiger partial charge in [-0.1, -0.05) is 6.07 Å². The first-order valence-corrected chi connectivity index (χ1v) is 5.99. The van der Waals surface area contributed by atoms with Gasteiger partial charge in [-0.25, -0.2) is 9.59 Å². The normalized spacial score (nSPS) is 10.8. The largest absolute Gasteiger partial charge is 0.504 e. The van der Waals surface area contributed by atoms with E-state index in [-0.39, 0.29) is 17.1 Å². The van der Waals surface area contributed by atoms with Crippen LogP contribution in [0.3, 0.4) is 0 Å². The van der Waals surface area contributed by atoms with Crippen LogP contribution in [0.4, 0.5) is 0 Å². The maximum absolute atomic E-state index is 11.8. The molecule has 1 N–H and O–H groups in total. The Morgan fingerprint density at radius 3 is 2.45 bits per heavy atom. The molecule has 0 aliphatic heterocycles. The minimum absolute atomic E-state index is 0.0760. The topological polar surface area (TPSA) is 82.1 Å². The highest BCUT2D eigenvalue weighted by atomic mass is 16.6. The van der Waals surface area contributed by atoms with Gasteiger partial charge >= 0.3 is 11.9 Å². The van der Waals surface area contributed by atoms with E-state index in [2.05, 4.69) is 0 Å². The summed E-state index contributed by atoms with van der Waals surface area (Å²) in [6.07, 6.45) is 0. The summed E-state index contributed by atoms with van der Waals surface area (Å²) in [7, 11) is 1.37. The zero-order valence-corrected chi connectivity index (χ0v) is 11.9. The first-order chi connectivity index (χ1) is 9.24. The molecule has 0 atom stereocenters. The van der Waals surface area contributed by atoms with Gasteiger partial charge in [0.2, 0.25) is 0 Å². The van der Waals surface area contributed by atoms with Crippen LogP contribution in [-0.4, -0.2) is 36.4 Å². The summed E-state index contributed by atoms with van der Waals surface area (Å²) in [6.45, 7) is 4.61. The van der Waals surface area contributed by atoms with Crippen LogP contribution in [-0.2, 0) is 14.3 Å². The van der Waals surface area contributed by atoms with Crippen molar-refractivity contribution in [2.45, 2.75) is 26.4 Å². The molecule has 1 aromatic carbocycles. The van der Waals surface area contributed by atoms with Crippen LogP contribution in [0.25, 0.3) is 0 Å². The first kappa shape index (κ1) is 15.8. The molecule has 6 heteroatoms. The third kappa shape index (κ3) is 4.46. The summed E-state index contributed by atoms with van der Waals surface area (Å²) >= 11 is 0. The van der Waals surface area contributed by atoms with Crippen molar-refractivity contribution in [2.24, 2.45) is 0 Å². The molecule has 1 aromatic rings. The van der Waals surface area contributed by atoms with Gasteiger partial charge in [-0.3, -0.25) is 0 Å². The van der Waals surface area contributed by atoms with E-state index in [1.165, 1.54) is 25.3 Å². The SMILES string of the molecule is COc1cccc(C(=O)OCC(=O)OC(C)(C)C)c1O. The Labute approximate surface area is 117 Å². The van der Waals surface area contributed by atoms with Crippen molar-refractivity contribution in [3.8, 4) is 11.5 Å². The Bertz CT molecular complexity index is 501. The van der Waals surface area contributed by atoms with Gasteiger partial charge in [0.15, 0.2) is 18.1 Å². The molecule has 0 bridgehead atoms. The number of carbonyl (C=O) groups is 2. The second kappa shape index (κ2) is 6.27. The van der Waals surface area contributed by atoms with Crippen molar-refractivity contribution < 1.29 is 28.9 Å². The summed E-state index contributed by atoms with van der Waals surface area (Å²) in [5.41, 5.74) is -0.727. The molecule has 0 spiro atoms. The molecule has 0 heterocycles. The predicted molar refractivity (Wildman–Crippen MR) is 70.8 cm³/mol. The molecule has 0 saturated carbocycles. The average molecular weight is 282 g/mol. The zero-order valence-electron chi connectivity index (χ0n) is 11.9. The predicted octanol–water partition coefficient (Wildman–Crippen LogP) is 1.90. The zero-order chi connectivity index (χ0) is 15.3. The molecular weight excluding hydrogens is 264 g/mol. The Balaban J connectivity index is 2.66. The van der Waals surface area contributed by atoms with E-state index in [0.717, 1.165) is 0 Å². The van der Waals surface area contributed by atoms with E-state index in [9.17, 15) is 14.7 Å². The van der Waals surface area contributed by atoms with E-state index in [1.54, 1.807) is 20.8 Å². The van der Waals surface area contributed by atoms with Crippen molar-refractivity contribution in [3.63, 3.8) is 0 Å². The summed E-state index contributed by atoms with van der Waals surface area (Å²) in [6, 6.07) is 4.40. The lowest BCUT2D eigenvalue weighted by Gasteiger charge is -2.19. The Morgan fingerprint density at radius 2 is 1.90 bits per heavy atom. The molecule has 1 rings (SSSR count). The number of rotatable bonds is 4. The smallest absolute Gasteiger partial charge is 0.344 e. The highest BCUT2D eigenvalue weighted by molar-refractivity contribution is 5.94. The van der Waals surface area contributed by atoms with Crippen LogP contribution in [0.2, 0.25) is 0 Å². The quantitative estimate of drug-likeness (QED) is 0.849. The number of methoxy groups -OCH3 is 1. The standard InChI is InChI=1S/C14H18O6/c1-14(2,3)20-11(15)8-19-13(17)9-6-5-7-10(18-4)12(9)16/h5-7,16H,8H2,1-4H3. The molecule has 110 valence electrons. The number of phenolic OH excluding ortho intramolecular Hbond substituents is 1. The molecule has 0 amide bonds. The van der Waals surface area contributed by atoms with Gasteiger partial charge in [-0.05, 0) is 32.9 Å². The molecule has 0 aliphatic carbocycles. The fraction of sp³-hybridized carbons (Fsp3) is 0.429. The van der Waals surface area contributed by atoms with Crippen LogP contribution in [0.15, 0.2) is 18.2 Å². The van der Waals surface area contributed by atoms with Crippen molar-refractivity contribution in [1.82, 2.24) is 0 Å². The minimum Gasteiger partial charge on any atom is -0.504 e. The van der Waals surface area contributed by atoms with E-state index in [0.29, 0.717) is 0 Å². The third-order valence-corrected chi connectivity index (χ3v) is 2.18. The number of ether oxygens (including phenoxy) is 3. The fourth-order valence-corrected chi connectivity index (χ4v) is 1.42. The second-order valence-electron chi connectivity index (χ2n) is 5.02. The molecule has 0 saturated heterocycles. The Morgan fingerprint density at radius 1 is 1.25 bits per heavy atom. The van der Waals surface area contributed by atoms with Gasteiger partial charge in [-0.15, -0.1) is 0 Å². The summed E-state index contributed by atoms with van der Waals surface area (Å²) in [5.74, 6) is -1.67. The van der Waals surface area contributed by atoms with Crippen LogP contribution in [0.5, 0.6) is 11.5 Å². The van der Waals surface area contributed by atoms with Crippen LogP contribution < -0.4 is 4.74 Å². The number of esters is 2. The molecule has 0 aliphatic rings. The highest BCUT2D eigenvalue weighted by Gasteiger charge is 2.20. The molecule has 0 radical (unpaired) electrons. The number of hydrogen-bond donors (Lipinski definition) is 1. The van der Waals surface area contributed by atoms with E-state index >= 15 is 0 Å². The Hall–Kier alpha value is -2.24. The lowest BCUT2D eigenvalue weighted by atomic mass is 10.2. The maximum Gasteiger partial charge on any atom is 0.344 e.